The fourth-order valence-electron chi connectivity index (χ4n) is 2.36. The molecule has 5 nitrogen and oxygen atoms in total. The topological polar surface area (TPSA) is 76.5 Å². The van der Waals surface area contributed by atoms with Gasteiger partial charge in [-0.1, -0.05) is 0 Å². The van der Waals surface area contributed by atoms with E-state index in [2.05, 4.69) is 31.9 Å². The third-order valence-corrected chi connectivity index (χ3v) is 6.95. The molecule has 2 atom stereocenters. The molecule has 1 aliphatic heterocycles. The van der Waals surface area contributed by atoms with Crippen LogP contribution in [0.5, 0.6) is 0 Å². The molecule has 0 bridgehead atoms. The first kappa shape index (κ1) is 15.5. The van der Waals surface area contributed by atoms with Crippen molar-refractivity contribution in [3.8, 4) is 0 Å². The molecule has 1 aliphatic rings. The molecule has 2 heterocycles. The summed E-state index contributed by atoms with van der Waals surface area (Å²) in [5.74, 6) is 1.18. The standard InChI is InChI=1S/C11H16Br2N2O3S/c1-15(7-2-3-19(16,17)6-7)9(5-14)10-4-8(12)11(13)18-10/h4,7,9H,2-3,5-6,14H2,1H3. The summed E-state index contributed by atoms with van der Waals surface area (Å²) >= 11 is 6.66. The van der Waals surface area contributed by atoms with Crippen LogP contribution >= 0.6 is 31.9 Å². The van der Waals surface area contributed by atoms with Crippen LogP contribution in [0.2, 0.25) is 0 Å². The Labute approximate surface area is 129 Å². The third kappa shape index (κ3) is 3.41. The summed E-state index contributed by atoms with van der Waals surface area (Å²) in [7, 11) is -1.00. The molecule has 1 aromatic heterocycles. The lowest BCUT2D eigenvalue weighted by Gasteiger charge is -2.30. The highest BCUT2D eigenvalue weighted by atomic mass is 79.9. The van der Waals surface area contributed by atoms with Crippen molar-refractivity contribution in [1.82, 2.24) is 4.90 Å². The van der Waals surface area contributed by atoms with Gasteiger partial charge in [-0.25, -0.2) is 8.42 Å². The van der Waals surface area contributed by atoms with Gasteiger partial charge in [-0.05, 0) is 51.4 Å². The van der Waals surface area contributed by atoms with Crippen LogP contribution in [0.25, 0.3) is 0 Å². The van der Waals surface area contributed by atoms with Gasteiger partial charge in [-0.2, -0.15) is 0 Å². The van der Waals surface area contributed by atoms with Gasteiger partial charge in [0.25, 0.3) is 0 Å². The molecule has 0 saturated carbocycles. The second-order valence-electron chi connectivity index (χ2n) is 4.74. The summed E-state index contributed by atoms with van der Waals surface area (Å²) in [5.41, 5.74) is 5.82. The van der Waals surface area contributed by atoms with Crippen LogP contribution in [-0.4, -0.2) is 44.5 Å². The minimum atomic E-state index is -2.90. The number of hydrogen-bond donors (Lipinski definition) is 1. The van der Waals surface area contributed by atoms with E-state index in [0.717, 1.165) is 10.2 Å². The number of furan rings is 1. The average molecular weight is 416 g/mol. The summed E-state index contributed by atoms with van der Waals surface area (Å²) in [6.07, 6.45) is 0.651. The smallest absolute Gasteiger partial charge is 0.183 e. The molecule has 108 valence electrons. The van der Waals surface area contributed by atoms with Gasteiger partial charge in [0, 0.05) is 12.6 Å². The van der Waals surface area contributed by atoms with Gasteiger partial charge in [-0.3, -0.25) is 4.90 Å². The summed E-state index contributed by atoms with van der Waals surface area (Å²) in [4.78, 5) is 2.00. The molecule has 1 fully saturated rings. The van der Waals surface area contributed by atoms with E-state index >= 15 is 0 Å². The first-order chi connectivity index (χ1) is 8.84. The summed E-state index contributed by atoms with van der Waals surface area (Å²) in [6.45, 7) is 0.374. The minimum Gasteiger partial charge on any atom is -0.451 e. The van der Waals surface area contributed by atoms with Gasteiger partial charge in [-0.15, -0.1) is 0 Å². The van der Waals surface area contributed by atoms with Crippen molar-refractivity contribution in [2.24, 2.45) is 5.73 Å². The largest absolute Gasteiger partial charge is 0.451 e. The Morgan fingerprint density at radius 1 is 1.58 bits per heavy atom. The Morgan fingerprint density at radius 2 is 2.26 bits per heavy atom. The molecule has 2 N–H and O–H groups in total. The molecule has 2 unspecified atom stereocenters. The van der Waals surface area contributed by atoms with E-state index in [-0.39, 0.29) is 23.6 Å². The normalized spacial score (nSPS) is 23.9. The van der Waals surface area contributed by atoms with Crippen molar-refractivity contribution in [2.45, 2.75) is 18.5 Å². The second kappa shape index (κ2) is 5.85. The molecule has 1 aromatic rings. The Hall–Kier alpha value is 0.110. The van der Waals surface area contributed by atoms with Gasteiger partial charge < -0.3 is 10.2 Å². The predicted molar refractivity (Wildman–Crippen MR) is 80.7 cm³/mol. The lowest BCUT2D eigenvalue weighted by molar-refractivity contribution is 0.170. The van der Waals surface area contributed by atoms with Gasteiger partial charge in [0.05, 0.1) is 22.0 Å². The molecule has 0 spiro atoms. The van der Waals surface area contributed by atoms with Crippen molar-refractivity contribution >= 4 is 41.7 Å². The molecule has 2 rings (SSSR count). The summed E-state index contributed by atoms with van der Waals surface area (Å²) in [5, 5.41) is 0. The zero-order valence-corrected chi connectivity index (χ0v) is 14.5. The van der Waals surface area contributed by atoms with Crippen molar-refractivity contribution < 1.29 is 12.8 Å². The number of rotatable bonds is 4. The van der Waals surface area contributed by atoms with Crippen molar-refractivity contribution in [3.05, 3.63) is 21.0 Å². The summed E-state index contributed by atoms with van der Waals surface area (Å²) in [6, 6.07) is 1.74. The zero-order chi connectivity index (χ0) is 14.2. The quantitative estimate of drug-likeness (QED) is 0.812. The van der Waals surface area contributed by atoms with Crippen LogP contribution in [0.4, 0.5) is 0 Å². The number of nitrogens with zero attached hydrogens (tertiary/aromatic N) is 1. The SMILES string of the molecule is CN(C1CCS(=O)(=O)C1)C(CN)c1cc(Br)c(Br)o1. The molecule has 0 radical (unpaired) electrons. The lowest BCUT2D eigenvalue weighted by Crippen LogP contribution is -2.39. The van der Waals surface area contributed by atoms with Gasteiger partial charge in [0.2, 0.25) is 0 Å². The van der Waals surface area contributed by atoms with Crippen molar-refractivity contribution in [3.63, 3.8) is 0 Å². The van der Waals surface area contributed by atoms with Crippen molar-refractivity contribution in [1.29, 1.82) is 0 Å². The molecular formula is C11H16Br2N2O3S. The van der Waals surface area contributed by atoms with Gasteiger partial charge in [0.1, 0.15) is 5.76 Å². The number of hydrogen-bond acceptors (Lipinski definition) is 5. The maximum Gasteiger partial charge on any atom is 0.183 e. The van der Waals surface area contributed by atoms with E-state index in [1.54, 1.807) is 0 Å². The van der Waals surface area contributed by atoms with Gasteiger partial charge in [0.15, 0.2) is 14.5 Å². The first-order valence-electron chi connectivity index (χ1n) is 5.91. The predicted octanol–water partition coefficient (Wildman–Crippen LogP) is 1.92. The third-order valence-electron chi connectivity index (χ3n) is 3.49. The molecule has 0 amide bonds. The molecule has 8 heteroatoms. The Bertz CT molecular complexity index is 539. The van der Waals surface area contributed by atoms with Crippen LogP contribution < -0.4 is 5.73 Å². The van der Waals surface area contributed by atoms with E-state index in [4.69, 9.17) is 10.2 Å². The van der Waals surface area contributed by atoms with Crippen molar-refractivity contribution in [2.75, 3.05) is 25.1 Å². The number of likely N-dealkylation sites (N-methyl/N-ethyl adjacent to an activating group) is 1. The Morgan fingerprint density at radius 3 is 2.68 bits per heavy atom. The fourth-order valence-corrected chi connectivity index (χ4v) is 4.76. The van der Waals surface area contributed by atoms with E-state index in [1.165, 1.54) is 0 Å². The summed E-state index contributed by atoms with van der Waals surface area (Å²) < 4.78 is 30.2. The van der Waals surface area contributed by atoms with Crippen LogP contribution in [0, 0.1) is 0 Å². The molecule has 1 saturated heterocycles. The fraction of sp³-hybridized carbons (Fsp3) is 0.636. The van der Waals surface area contributed by atoms with Crippen LogP contribution in [-0.2, 0) is 9.84 Å². The number of halogens is 2. The van der Waals surface area contributed by atoms with E-state index in [0.29, 0.717) is 17.6 Å². The minimum absolute atomic E-state index is 0.00111. The number of nitrogens with two attached hydrogens (primary N) is 1. The Balaban J connectivity index is 2.18. The molecule has 0 aromatic carbocycles. The van der Waals surface area contributed by atoms with E-state index < -0.39 is 9.84 Å². The number of sulfone groups is 1. The van der Waals surface area contributed by atoms with E-state index in [9.17, 15) is 8.42 Å². The van der Waals surface area contributed by atoms with Crippen LogP contribution in [0.1, 0.15) is 18.2 Å². The highest BCUT2D eigenvalue weighted by Crippen LogP contribution is 2.33. The zero-order valence-electron chi connectivity index (χ0n) is 10.5. The highest BCUT2D eigenvalue weighted by molar-refractivity contribution is 9.13. The Kier molecular flexibility index (Phi) is 4.77. The van der Waals surface area contributed by atoms with Crippen LogP contribution in [0.15, 0.2) is 19.6 Å². The average Bonchev–Trinajstić information content (AvgIpc) is 2.84. The second-order valence-corrected chi connectivity index (χ2v) is 8.55. The maximum atomic E-state index is 11.6. The highest BCUT2D eigenvalue weighted by Gasteiger charge is 2.34. The first-order valence-corrected chi connectivity index (χ1v) is 9.32. The maximum absolute atomic E-state index is 11.6. The molecule has 19 heavy (non-hydrogen) atoms. The van der Waals surface area contributed by atoms with Crippen LogP contribution in [0.3, 0.4) is 0 Å². The lowest BCUT2D eigenvalue weighted by atomic mass is 10.1. The monoisotopic (exact) mass is 414 g/mol. The molecule has 0 aliphatic carbocycles. The van der Waals surface area contributed by atoms with E-state index in [1.807, 2.05) is 18.0 Å². The molecular weight excluding hydrogens is 400 g/mol. The van der Waals surface area contributed by atoms with Gasteiger partial charge >= 0.3 is 0 Å².